The summed E-state index contributed by atoms with van der Waals surface area (Å²) in [4.78, 5) is 3.22. The summed E-state index contributed by atoms with van der Waals surface area (Å²) in [6.07, 6.45) is 5.63. The lowest BCUT2D eigenvalue weighted by atomic mass is 9.99. The smallest absolute Gasteiger partial charge is 0.118 e. The van der Waals surface area contributed by atoms with Crippen molar-refractivity contribution in [1.29, 1.82) is 0 Å². The summed E-state index contributed by atoms with van der Waals surface area (Å²) in [5, 5.41) is 15.6. The predicted molar refractivity (Wildman–Crippen MR) is 69.0 cm³/mol. The second-order valence-electron chi connectivity index (χ2n) is 4.97. The highest BCUT2D eigenvalue weighted by Gasteiger charge is 2.29. The normalized spacial score (nSPS) is 30.8. The van der Waals surface area contributed by atoms with Crippen LogP contribution in [0.25, 0.3) is 6.08 Å². The van der Waals surface area contributed by atoms with Crippen molar-refractivity contribution in [3.8, 4) is 0 Å². The van der Waals surface area contributed by atoms with E-state index in [0.29, 0.717) is 5.82 Å². The van der Waals surface area contributed by atoms with E-state index in [2.05, 4.69) is 15.6 Å². The molecule has 1 fully saturated rings. The molecule has 3 rings (SSSR count). The minimum absolute atomic E-state index is 0.183. The van der Waals surface area contributed by atoms with E-state index in [1.54, 1.807) is 0 Å². The lowest BCUT2D eigenvalue weighted by molar-refractivity contribution is 0.251. The summed E-state index contributed by atoms with van der Waals surface area (Å²) < 4.78 is 0. The number of rotatable bonds is 2. The topological polar surface area (TPSA) is 112 Å². The van der Waals surface area contributed by atoms with Crippen molar-refractivity contribution in [2.24, 2.45) is 11.5 Å². The summed E-state index contributed by atoms with van der Waals surface area (Å²) in [5.41, 5.74) is 15.0. The Bertz CT molecular complexity index is 481. The van der Waals surface area contributed by atoms with Crippen molar-refractivity contribution in [1.82, 2.24) is 15.6 Å². The lowest BCUT2D eigenvalue weighted by Gasteiger charge is -2.21. The number of aliphatic hydroxyl groups is 1. The van der Waals surface area contributed by atoms with E-state index < -0.39 is 0 Å². The molecule has 8 N–H and O–H groups in total. The molecule has 3 unspecified atom stereocenters. The average Bonchev–Trinajstić information content (AvgIpc) is 2.93. The molecule has 0 saturated carbocycles. The van der Waals surface area contributed by atoms with Crippen LogP contribution in [-0.4, -0.2) is 22.7 Å². The molecule has 0 aromatic carbocycles. The largest absolute Gasteiger partial charge is 0.395 e. The zero-order chi connectivity index (χ0) is 12.7. The number of nitrogens with one attached hydrogen (secondary N) is 3. The van der Waals surface area contributed by atoms with Gasteiger partial charge in [0.15, 0.2) is 0 Å². The molecule has 3 heterocycles. The Morgan fingerprint density at radius 1 is 1.39 bits per heavy atom. The highest BCUT2D eigenvalue weighted by atomic mass is 16.3. The molecule has 18 heavy (non-hydrogen) atoms. The number of nitrogens with two attached hydrogens (primary N) is 2. The molecule has 2 aliphatic rings. The third kappa shape index (κ3) is 1.78. The molecule has 0 aliphatic carbocycles. The van der Waals surface area contributed by atoms with Crippen molar-refractivity contribution in [3.05, 3.63) is 28.8 Å². The van der Waals surface area contributed by atoms with Gasteiger partial charge in [-0.1, -0.05) is 0 Å². The third-order valence-electron chi connectivity index (χ3n) is 3.75. The van der Waals surface area contributed by atoms with E-state index in [1.165, 1.54) is 5.56 Å². The van der Waals surface area contributed by atoms with Gasteiger partial charge in [-0.25, -0.2) is 0 Å². The first-order chi connectivity index (χ1) is 8.69. The highest BCUT2D eigenvalue weighted by molar-refractivity contribution is 5.62. The maximum atomic E-state index is 9.17. The average molecular weight is 249 g/mol. The molecule has 6 nitrogen and oxygen atoms in total. The molecule has 1 saturated heterocycles. The van der Waals surface area contributed by atoms with E-state index >= 15 is 0 Å². The zero-order valence-corrected chi connectivity index (χ0v) is 10.1. The molecule has 0 radical (unpaired) electrons. The summed E-state index contributed by atoms with van der Waals surface area (Å²) in [7, 11) is 0. The first kappa shape index (κ1) is 11.6. The van der Waals surface area contributed by atoms with Gasteiger partial charge in [0, 0.05) is 23.8 Å². The first-order valence-electron chi connectivity index (χ1n) is 6.26. The fraction of sp³-hybridized carbons (Fsp3) is 0.500. The van der Waals surface area contributed by atoms with Gasteiger partial charge in [-0.05, 0) is 24.5 Å². The number of aromatic nitrogens is 1. The highest BCUT2D eigenvalue weighted by Crippen LogP contribution is 2.33. The Morgan fingerprint density at radius 2 is 2.22 bits per heavy atom. The van der Waals surface area contributed by atoms with Gasteiger partial charge in [0.25, 0.3) is 0 Å². The maximum absolute atomic E-state index is 9.17. The summed E-state index contributed by atoms with van der Waals surface area (Å²) in [6, 6.07) is 0.453. The maximum Gasteiger partial charge on any atom is 0.118 e. The molecule has 2 aliphatic heterocycles. The minimum Gasteiger partial charge on any atom is -0.395 e. The van der Waals surface area contributed by atoms with Crippen LogP contribution < -0.4 is 22.1 Å². The van der Waals surface area contributed by atoms with Crippen LogP contribution in [0.15, 0.2) is 12.0 Å². The molecule has 1 aromatic rings. The lowest BCUT2D eigenvalue weighted by Crippen LogP contribution is -2.35. The van der Waals surface area contributed by atoms with Crippen molar-refractivity contribution >= 4 is 6.08 Å². The Morgan fingerprint density at radius 3 is 2.94 bits per heavy atom. The van der Waals surface area contributed by atoms with Crippen LogP contribution in [0.5, 0.6) is 0 Å². The molecule has 3 atom stereocenters. The van der Waals surface area contributed by atoms with Crippen molar-refractivity contribution in [2.45, 2.75) is 31.1 Å². The molecular weight excluding hydrogens is 230 g/mol. The van der Waals surface area contributed by atoms with Crippen LogP contribution in [0.1, 0.15) is 41.9 Å². The van der Waals surface area contributed by atoms with E-state index in [0.717, 1.165) is 24.1 Å². The molecule has 6 heteroatoms. The molecule has 0 amide bonds. The van der Waals surface area contributed by atoms with E-state index in [9.17, 15) is 5.11 Å². The van der Waals surface area contributed by atoms with Crippen LogP contribution in [-0.2, 0) is 0 Å². The fourth-order valence-electron chi connectivity index (χ4n) is 2.83. The number of fused-ring (bicyclic) bond motifs is 1. The Hall–Kier alpha value is -1.50. The number of hydrogen-bond donors (Lipinski definition) is 6. The Balaban J connectivity index is 1.92. The number of aromatic amines is 1. The predicted octanol–water partition coefficient (Wildman–Crippen LogP) is -0.382. The fourth-order valence-corrected chi connectivity index (χ4v) is 2.83. The standard InChI is InChI=1S/C12H19N5O/c13-10-3-7-8(4-15-11(7)12(14)17-10)9-2-1-6(5-18)16-9/h3-4,6,9,12,15-18H,1-2,5,13-14H2. The quantitative estimate of drug-likeness (QED) is 0.428. The van der Waals surface area contributed by atoms with Crippen LogP contribution >= 0.6 is 0 Å². The second-order valence-corrected chi connectivity index (χ2v) is 4.97. The van der Waals surface area contributed by atoms with Crippen LogP contribution in [0.2, 0.25) is 0 Å². The Labute approximate surface area is 105 Å². The molecular formula is C12H19N5O. The summed E-state index contributed by atoms with van der Waals surface area (Å²) in [5.74, 6) is 0.590. The number of H-pyrrole nitrogens is 1. The van der Waals surface area contributed by atoms with Gasteiger partial charge in [-0.15, -0.1) is 0 Å². The van der Waals surface area contributed by atoms with Gasteiger partial charge >= 0.3 is 0 Å². The second kappa shape index (κ2) is 4.31. The van der Waals surface area contributed by atoms with Gasteiger partial charge in [0.2, 0.25) is 0 Å². The van der Waals surface area contributed by atoms with Gasteiger partial charge in [-0.3, -0.25) is 0 Å². The number of aliphatic hydroxyl groups excluding tert-OH is 1. The van der Waals surface area contributed by atoms with E-state index in [4.69, 9.17) is 11.5 Å². The van der Waals surface area contributed by atoms with Crippen LogP contribution in [0, 0.1) is 0 Å². The molecule has 0 bridgehead atoms. The molecule has 98 valence electrons. The zero-order valence-electron chi connectivity index (χ0n) is 10.1. The Kier molecular flexibility index (Phi) is 2.77. The minimum atomic E-state index is -0.284. The van der Waals surface area contributed by atoms with Gasteiger partial charge in [-0.2, -0.15) is 0 Å². The molecule has 1 aromatic heterocycles. The summed E-state index contributed by atoms with van der Waals surface area (Å²) >= 11 is 0. The van der Waals surface area contributed by atoms with E-state index in [1.807, 2.05) is 12.3 Å². The van der Waals surface area contributed by atoms with E-state index in [-0.39, 0.29) is 24.9 Å². The molecule has 0 spiro atoms. The van der Waals surface area contributed by atoms with Crippen molar-refractivity contribution in [3.63, 3.8) is 0 Å². The SMILES string of the molecule is NC1=Cc2c(C3CCC(CO)N3)c[nH]c2C(N)N1. The first-order valence-corrected chi connectivity index (χ1v) is 6.26. The third-order valence-corrected chi connectivity index (χ3v) is 3.75. The van der Waals surface area contributed by atoms with Crippen molar-refractivity contribution in [2.75, 3.05) is 6.61 Å². The number of hydrogen-bond acceptors (Lipinski definition) is 5. The van der Waals surface area contributed by atoms with Gasteiger partial charge in [0.1, 0.15) is 6.17 Å². The van der Waals surface area contributed by atoms with Crippen molar-refractivity contribution < 1.29 is 5.11 Å². The van der Waals surface area contributed by atoms with Crippen LogP contribution in [0.3, 0.4) is 0 Å². The van der Waals surface area contributed by atoms with Crippen LogP contribution in [0.4, 0.5) is 0 Å². The summed E-state index contributed by atoms with van der Waals surface area (Å²) in [6.45, 7) is 0.183. The van der Waals surface area contributed by atoms with Gasteiger partial charge in [0.05, 0.1) is 18.1 Å². The monoisotopic (exact) mass is 249 g/mol. The van der Waals surface area contributed by atoms with Gasteiger partial charge < -0.3 is 32.2 Å².